The van der Waals surface area contributed by atoms with Gasteiger partial charge in [-0.3, -0.25) is 9.69 Å². The lowest BCUT2D eigenvalue weighted by atomic mass is 10.1. The van der Waals surface area contributed by atoms with Crippen LogP contribution in [0.3, 0.4) is 0 Å². The Kier molecular flexibility index (Phi) is 6.10. The molecule has 2 fully saturated rings. The first-order valence-electron chi connectivity index (χ1n) is 9.22. The number of hydrogen-bond donors (Lipinski definition) is 1. The lowest BCUT2D eigenvalue weighted by molar-refractivity contribution is -0.130. The second-order valence-electron chi connectivity index (χ2n) is 6.98. The number of hydrogen-bond acceptors (Lipinski definition) is 4. The van der Waals surface area contributed by atoms with Gasteiger partial charge >= 0.3 is 0 Å². The van der Waals surface area contributed by atoms with Crippen LogP contribution in [0, 0.1) is 0 Å². The number of nitrogens with zero attached hydrogens (tertiary/aromatic N) is 3. The van der Waals surface area contributed by atoms with Crippen LogP contribution >= 0.6 is 0 Å². The molecule has 1 aromatic rings. The zero-order valence-electron chi connectivity index (χ0n) is 14.8. The van der Waals surface area contributed by atoms with Gasteiger partial charge in [0.1, 0.15) is 0 Å². The summed E-state index contributed by atoms with van der Waals surface area (Å²) in [7, 11) is 1.94. The highest BCUT2D eigenvalue weighted by Gasteiger charge is 2.21. The summed E-state index contributed by atoms with van der Waals surface area (Å²) in [4.78, 5) is 19.1. The van der Waals surface area contributed by atoms with Crippen LogP contribution in [-0.2, 0) is 4.79 Å². The molecule has 0 saturated carbocycles. The van der Waals surface area contributed by atoms with Crippen LogP contribution in [0.25, 0.3) is 0 Å². The van der Waals surface area contributed by atoms with E-state index in [1.807, 2.05) is 11.9 Å². The first-order chi connectivity index (χ1) is 11.7. The van der Waals surface area contributed by atoms with Crippen molar-refractivity contribution in [3.63, 3.8) is 0 Å². The Morgan fingerprint density at radius 2 is 1.96 bits per heavy atom. The first kappa shape index (κ1) is 17.2. The van der Waals surface area contributed by atoms with Crippen LogP contribution in [-0.4, -0.2) is 74.6 Å². The van der Waals surface area contributed by atoms with E-state index in [4.69, 9.17) is 0 Å². The molecule has 5 heteroatoms. The van der Waals surface area contributed by atoms with Crippen LogP contribution in [0.1, 0.15) is 19.3 Å². The third-order valence-corrected chi connectivity index (χ3v) is 5.25. The van der Waals surface area contributed by atoms with E-state index in [1.165, 1.54) is 12.1 Å². The van der Waals surface area contributed by atoms with Gasteiger partial charge in [0.25, 0.3) is 0 Å². The number of carbonyl (C=O) groups excluding carboxylic acids is 1. The molecule has 2 saturated heterocycles. The zero-order chi connectivity index (χ0) is 16.8. The summed E-state index contributed by atoms with van der Waals surface area (Å²) in [5.74, 6) is 0.275. The minimum absolute atomic E-state index is 0.275. The Balaban J connectivity index is 1.36. The van der Waals surface area contributed by atoms with Crippen molar-refractivity contribution in [3.05, 3.63) is 30.3 Å². The predicted octanol–water partition coefficient (Wildman–Crippen LogP) is 1.41. The average molecular weight is 330 g/mol. The molecular weight excluding hydrogens is 300 g/mol. The summed E-state index contributed by atoms with van der Waals surface area (Å²) < 4.78 is 0. The highest BCUT2D eigenvalue weighted by atomic mass is 16.2. The molecule has 0 spiro atoms. The van der Waals surface area contributed by atoms with Crippen molar-refractivity contribution in [2.24, 2.45) is 0 Å². The first-order valence-corrected chi connectivity index (χ1v) is 9.22. The normalized spacial score (nSPS) is 21.9. The summed E-state index contributed by atoms with van der Waals surface area (Å²) >= 11 is 0. The van der Waals surface area contributed by atoms with Gasteiger partial charge in [-0.1, -0.05) is 18.2 Å². The summed E-state index contributed by atoms with van der Waals surface area (Å²) in [5, 5.41) is 3.40. The Morgan fingerprint density at radius 1 is 1.21 bits per heavy atom. The predicted molar refractivity (Wildman–Crippen MR) is 98.4 cm³/mol. The third-order valence-electron chi connectivity index (χ3n) is 5.25. The molecule has 1 N–H and O–H groups in total. The van der Waals surface area contributed by atoms with Gasteiger partial charge in [0, 0.05) is 64.5 Å². The summed E-state index contributed by atoms with van der Waals surface area (Å²) in [6.07, 6.45) is 2.99. The second-order valence-corrected chi connectivity index (χ2v) is 6.98. The van der Waals surface area contributed by atoms with Crippen molar-refractivity contribution in [2.75, 3.05) is 57.8 Å². The van der Waals surface area contributed by atoms with Crippen LogP contribution in [0.2, 0.25) is 0 Å². The maximum atomic E-state index is 12.3. The Morgan fingerprint density at radius 3 is 2.62 bits per heavy atom. The number of benzene rings is 1. The lowest BCUT2D eigenvalue weighted by Gasteiger charge is -2.36. The zero-order valence-corrected chi connectivity index (χ0v) is 14.8. The fourth-order valence-corrected chi connectivity index (χ4v) is 3.58. The number of para-hydroxylation sites is 1. The van der Waals surface area contributed by atoms with Gasteiger partial charge in [-0.05, 0) is 31.5 Å². The Labute approximate surface area is 145 Å². The largest absolute Gasteiger partial charge is 0.369 e. The van der Waals surface area contributed by atoms with E-state index in [1.54, 1.807) is 0 Å². The molecule has 1 atom stereocenters. The van der Waals surface area contributed by atoms with E-state index >= 15 is 0 Å². The van der Waals surface area contributed by atoms with Gasteiger partial charge in [0.05, 0.1) is 0 Å². The molecule has 0 bridgehead atoms. The highest BCUT2D eigenvalue weighted by molar-refractivity contribution is 5.76. The molecule has 0 aliphatic carbocycles. The molecular formula is C19H30N4O. The van der Waals surface area contributed by atoms with Crippen molar-refractivity contribution < 1.29 is 4.79 Å². The standard InChI is InChI=1S/C19H30N4O/c1-21(19(24)16-17-6-5-9-20-17)10-11-22-12-14-23(15-13-22)18-7-3-2-4-8-18/h2-4,7-8,17,20H,5-6,9-16H2,1H3. The Bertz CT molecular complexity index is 507. The molecule has 1 aromatic carbocycles. The van der Waals surface area contributed by atoms with Crippen LogP contribution in [0.5, 0.6) is 0 Å². The number of piperazine rings is 1. The van der Waals surface area contributed by atoms with Crippen molar-refractivity contribution in [1.82, 2.24) is 15.1 Å². The van der Waals surface area contributed by atoms with Gasteiger partial charge in [-0.25, -0.2) is 0 Å². The van der Waals surface area contributed by atoms with Crippen molar-refractivity contribution in [2.45, 2.75) is 25.3 Å². The van der Waals surface area contributed by atoms with E-state index in [-0.39, 0.29) is 5.91 Å². The fraction of sp³-hybridized carbons (Fsp3) is 0.632. The van der Waals surface area contributed by atoms with Crippen molar-refractivity contribution >= 4 is 11.6 Å². The molecule has 5 nitrogen and oxygen atoms in total. The monoisotopic (exact) mass is 330 g/mol. The van der Waals surface area contributed by atoms with Gasteiger partial charge in [0.15, 0.2) is 0 Å². The summed E-state index contributed by atoms with van der Waals surface area (Å²) in [5.41, 5.74) is 1.31. The molecule has 132 valence electrons. The van der Waals surface area contributed by atoms with E-state index < -0.39 is 0 Å². The fourth-order valence-electron chi connectivity index (χ4n) is 3.58. The molecule has 0 radical (unpaired) electrons. The molecule has 2 heterocycles. The van der Waals surface area contributed by atoms with E-state index in [0.29, 0.717) is 12.5 Å². The quantitative estimate of drug-likeness (QED) is 0.856. The molecule has 1 unspecified atom stereocenters. The van der Waals surface area contributed by atoms with Crippen LogP contribution in [0.15, 0.2) is 30.3 Å². The van der Waals surface area contributed by atoms with E-state index in [0.717, 1.165) is 52.2 Å². The maximum Gasteiger partial charge on any atom is 0.223 e. The van der Waals surface area contributed by atoms with E-state index in [9.17, 15) is 4.79 Å². The molecule has 2 aliphatic heterocycles. The average Bonchev–Trinajstić information content (AvgIpc) is 3.14. The third kappa shape index (κ3) is 4.71. The number of amides is 1. The molecule has 3 rings (SSSR count). The number of anilines is 1. The van der Waals surface area contributed by atoms with E-state index in [2.05, 4.69) is 45.4 Å². The van der Waals surface area contributed by atoms with Crippen molar-refractivity contribution in [3.8, 4) is 0 Å². The second kappa shape index (κ2) is 8.49. The lowest BCUT2D eigenvalue weighted by Crippen LogP contribution is -2.48. The number of likely N-dealkylation sites (N-methyl/N-ethyl adjacent to an activating group) is 1. The van der Waals surface area contributed by atoms with Crippen LogP contribution < -0.4 is 10.2 Å². The van der Waals surface area contributed by atoms with Crippen molar-refractivity contribution in [1.29, 1.82) is 0 Å². The minimum Gasteiger partial charge on any atom is -0.369 e. The number of carbonyl (C=O) groups is 1. The smallest absolute Gasteiger partial charge is 0.223 e. The maximum absolute atomic E-state index is 12.3. The van der Waals surface area contributed by atoms with Gasteiger partial charge in [-0.2, -0.15) is 0 Å². The Hall–Kier alpha value is -1.59. The van der Waals surface area contributed by atoms with Gasteiger partial charge in [0.2, 0.25) is 5.91 Å². The topological polar surface area (TPSA) is 38.8 Å². The summed E-state index contributed by atoms with van der Waals surface area (Å²) in [6, 6.07) is 11.0. The highest BCUT2D eigenvalue weighted by Crippen LogP contribution is 2.15. The molecule has 24 heavy (non-hydrogen) atoms. The van der Waals surface area contributed by atoms with Gasteiger partial charge < -0.3 is 15.1 Å². The minimum atomic E-state index is 0.275. The summed E-state index contributed by atoms with van der Waals surface area (Å²) in [6.45, 7) is 7.14. The molecule has 1 amide bonds. The number of nitrogens with one attached hydrogen (secondary N) is 1. The molecule has 2 aliphatic rings. The molecule has 0 aromatic heterocycles. The number of rotatable bonds is 6. The van der Waals surface area contributed by atoms with Crippen LogP contribution in [0.4, 0.5) is 5.69 Å². The van der Waals surface area contributed by atoms with Gasteiger partial charge in [-0.15, -0.1) is 0 Å². The SMILES string of the molecule is CN(CCN1CCN(c2ccccc2)CC1)C(=O)CC1CCCN1.